The van der Waals surface area contributed by atoms with Gasteiger partial charge in [-0.2, -0.15) is 0 Å². The molecule has 2 rings (SSSR count). The van der Waals surface area contributed by atoms with Gasteiger partial charge in [0.05, 0.1) is 17.0 Å². The van der Waals surface area contributed by atoms with Crippen molar-refractivity contribution in [2.75, 3.05) is 23.7 Å². The molecule has 0 radical (unpaired) electrons. The van der Waals surface area contributed by atoms with Crippen LogP contribution in [0.1, 0.15) is 32.8 Å². The third-order valence-electron chi connectivity index (χ3n) is 5.32. The van der Waals surface area contributed by atoms with Crippen LogP contribution in [0, 0.1) is 5.92 Å². The van der Waals surface area contributed by atoms with Crippen molar-refractivity contribution in [2.24, 2.45) is 5.92 Å². The molecule has 0 aliphatic carbocycles. The number of nitrogens with zero attached hydrogens (tertiary/aromatic N) is 2. The average Bonchev–Trinajstić information content (AvgIpc) is 2.78. The van der Waals surface area contributed by atoms with E-state index in [0.29, 0.717) is 22.2 Å². The number of carbonyl (C=O) groups excluding carboxylic acids is 2. The second-order valence-electron chi connectivity index (χ2n) is 8.65. The number of rotatable bonds is 11. The summed E-state index contributed by atoms with van der Waals surface area (Å²) in [4.78, 5) is 28.1. The Bertz CT molecular complexity index is 1190. The van der Waals surface area contributed by atoms with Crippen molar-refractivity contribution >= 4 is 73.9 Å². The van der Waals surface area contributed by atoms with Gasteiger partial charge in [-0.25, -0.2) is 8.42 Å². The van der Waals surface area contributed by atoms with E-state index in [-0.39, 0.29) is 40.5 Å². The van der Waals surface area contributed by atoms with Gasteiger partial charge in [-0.15, -0.1) is 0 Å². The van der Waals surface area contributed by atoms with Crippen LogP contribution in [0.5, 0.6) is 0 Å². The fourth-order valence-electron chi connectivity index (χ4n) is 3.47. The van der Waals surface area contributed by atoms with Crippen molar-refractivity contribution in [3.8, 4) is 0 Å². The molecule has 2 aromatic carbocycles. The van der Waals surface area contributed by atoms with Crippen molar-refractivity contribution in [3.05, 3.63) is 62.1 Å². The number of amides is 2. The van der Waals surface area contributed by atoms with E-state index in [1.54, 1.807) is 25.1 Å². The first kappa shape index (κ1) is 30.5. The molecule has 0 spiro atoms. The van der Waals surface area contributed by atoms with E-state index in [2.05, 4.69) is 5.32 Å². The topological polar surface area (TPSA) is 86.8 Å². The van der Waals surface area contributed by atoms with Crippen LogP contribution in [-0.2, 0) is 26.2 Å². The minimum atomic E-state index is -3.96. The molecule has 2 amide bonds. The van der Waals surface area contributed by atoms with Crippen LogP contribution in [0.3, 0.4) is 0 Å². The fraction of sp³-hybridized carbons (Fsp3) is 0.417. The summed E-state index contributed by atoms with van der Waals surface area (Å²) in [6.45, 7) is 5.35. The van der Waals surface area contributed by atoms with Crippen LogP contribution in [0.4, 0.5) is 5.69 Å². The van der Waals surface area contributed by atoms with Crippen LogP contribution < -0.4 is 9.62 Å². The lowest BCUT2D eigenvalue weighted by molar-refractivity contribution is -0.140. The van der Waals surface area contributed by atoms with E-state index in [4.69, 9.17) is 46.4 Å². The standard InChI is InChI=1S/C24H29Cl4N3O4S/c1-5-21(24(33)29-12-15(2)3)30(13-17-18(26)7-6-8-19(17)27)23(32)14-31(36(4,34)35)22-11-16(25)9-10-20(22)28/h6-11,15,21H,5,12-14H2,1-4H3,(H,29,33)/t21-/m1/s1. The van der Waals surface area contributed by atoms with Crippen molar-refractivity contribution in [3.63, 3.8) is 0 Å². The first-order chi connectivity index (χ1) is 16.8. The first-order valence-electron chi connectivity index (χ1n) is 11.2. The number of nitrogens with one attached hydrogen (secondary N) is 1. The summed E-state index contributed by atoms with van der Waals surface area (Å²) in [5.41, 5.74) is 0.490. The molecule has 0 saturated carbocycles. The van der Waals surface area contributed by atoms with Crippen LogP contribution in [0.25, 0.3) is 0 Å². The van der Waals surface area contributed by atoms with Gasteiger partial charge in [0.1, 0.15) is 12.6 Å². The Kier molecular flexibility index (Phi) is 11.2. The van der Waals surface area contributed by atoms with Gasteiger partial charge in [-0.1, -0.05) is 73.2 Å². The highest BCUT2D eigenvalue weighted by Crippen LogP contribution is 2.32. The minimum Gasteiger partial charge on any atom is -0.354 e. The largest absolute Gasteiger partial charge is 0.354 e. The van der Waals surface area contributed by atoms with E-state index in [1.807, 2.05) is 13.8 Å². The first-order valence-corrected chi connectivity index (χ1v) is 14.5. The van der Waals surface area contributed by atoms with Gasteiger partial charge in [-0.05, 0) is 42.7 Å². The third kappa shape index (κ3) is 8.15. The molecule has 1 N–H and O–H groups in total. The van der Waals surface area contributed by atoms with E-state index in [9.17, 15) is 18.0 Å². The Labute approximate surface area is 232 Å². The molecule has 0 aromatic heterocycles. The summed E-state index contributed by atoms with van der Waals surface area (Å²) in [7, 11) is -3.96. The molecule has 198 valence electrons. The molecule has 0 heterocycles. The van der Waals surface area contributed by atoms with Crippen molar-refractivity contribution in [1.29, 1.82) is 0 Å². The molecular weight excluding hydrogens is 568 g/mol. The number of halogens is 4. The predicted molar refractivity (Wildman–Crippen MR) is 148 cm³/mol. The van der Waals surface area contributed by atoms with E-state index < -0.39 is 28.5 Å². The zero-order chi connectivity index (χ0) is 27.2. The Balaban J connectivity index is 2.53. The molecule has 7 nitrogen and oxygen atoms in total. The molecule has 36 heavy (non-hydrogen) atoms. The van der Waals surface area contributed by atoms with Gasteiger partial charge >= 0.3 is 0 Å². The Morgan fingerprint density at radius 2 is 1.61 bits per heavy atom. The minimum absolute atomic E-state index is 0.0491. The molecule has 0 bridgehead atoms. The zero-order valence-electron chi connectivity index (χ0n) is 20.4. The number of carbonyl (C=O) groups is 2. The summed E-state index contributed by atoms with van der Waals surface area (Å²) in [5.74, 6) is -0.812. The monoisotopic (exact) mass is 595 g/mol. The van der Waals surface area contributed by atoms with Gasteiger partial charge in [0.2, 0.25) is 21.8 Å². The van der Waals surface area contributed by atoms with Crippen LogP contribution in [0.15, 0.2) is 36.4 Å². The smallest absolute Gasteiger partial charge is 0.244 e. The van der Waals surface area contributed by atoms with E-state index in [1.165, 1.54) is 23.1 Å². The summed E-state index contributed by atoms with van der Waals surface area (Å²) < 4.78 is 26.3. The van der Waals surface area contributed by atoms with Gasteiger partial charge in [0, 0.05) is 33.7 Å². The quantitative estimate of drug-likeness (QED) is 0.363. The molecule has 0 saturated heterocycles. The summed E-state index contributed by atoms with van der Waals surface area (Å²) in [6, 6.07) is 8.32. The number of hydrogen-bond acceptors (Lipinski definition) is 4. The number of hydrogen-bond donors (Lipinski definition) is 1. The Morgan fingerprint density at radius 3 is 2.14 bits per heavy atom. The van der Waals surface area contributed by atoms with Gasteiger partial charge < -0.3 is 10.2 Å². The van der Waals surface area contributed by atoms with Crippen molar-refractivity contribution in [2.45, 2.75) is 39.8 Å². The normalized spacial score (nSPS) is 12.4. The Hall–Kier alpha value is -1.71. The zero-order valence-corrected chi connectivity index (χ0v) is 24.2. The van der Waals surface area contributed by atoms with Gasteiger partial charge in [0.15, 0.2) is 0 Å². The molecule has 0 aliphatic heterocycles. The number of anilines is 1. The molecule has 1 atom stereocenters. The lowest BCUT2D eigenvalue weighted by atomic mass is 10.1. The van der Waals surface area contributed by atoms with E-state index in [0.717, 1.165) is 10.6 Å². The average molecular weight is 597 g/mol. The molecule has 0 unspecified atom stereocenters. The highest BCUT2D eigenvalue weighted by Gasteiger charge is 2.33. The molecular formula is C24H29Cl4N3O4S. The lowest BCUT2D eigenvalue weighted by Gasteiger charge is -2.33. The maximum absolute atomic E-state index is 13.7. The van der Waals surface area contributed by atoms with Crippen molar-refractivity contribution in [1.82, 2.24) is 10.2 Å². The highest BCUT2D eigenvalue weighted by atomic mass is 35.5. The predicted octanol–water partition coefficient (Wildman–Crippen LogP) is 5.65. The Morgan fingerprint density at radius 1 is 1.00 bits per heavy atom. The van der Waals surface area contributed by atoms with Gasteiger partial charge in [-0.3, -0.25) is 13.9 Å². The molecule has 2 aromatic rings. The highest BCUT2D eigenvalue weighted by molar-refractivity contribution is 7.92. The van der Waals surface area contributed by atoms with Crippen LogP contribution in [-0.4, -0.2) is 50.5 Å². The molecule has 12 heteroatoms. The van der Waals surface area contributed by atoms with E-state index >= 15 is 0 Å². The van der Waals surface area contributed by atoms with Crippen LogP contribution >= 0.6 is 46.4 Å². The number of sulfonamides is 1. The summed E-state index contributed by atoms with van der Waals surface area (Å²) in [5, 5.41) is 3.82. The second kappa shape index (κ2) is 13.2. The maximum atomic E-state index is 13.7. The second-order valence-corrected chi connectivity index (χ2v) is 12.2. The molecule has 0 aliphatic rings. The van der Waals surface area contributed by atoms with Crippen LogP contribution in [0.2, 0.25) is 20.1 Å². The summed E-state index contributed by atoms with van der Waals surface area (Å²) >= 11 is 25.0. The summed E-state index contributed by atoms with van der Waals surface area (Å²) in [6.07, 6.45) is 1.23. The maximum Gasteiger partial charge on any atom is 0.244 e. The lowest BCUT2D eigenvalue weighted by Crippen LogP contribution is -2.52. The SMILES string of the molecule is CC[C@H](C(=O)NCC(C)C)N(Cc1c(Cl)cccc1Cl)C(=O)CN(c1cc(Cl)ccc1Cl)S(C)(=O)=O. The third-order valence-corrected chi connectivity index (χ3v) is 7.71. The fourth-order valence-corrected chi connectivity index (χ4v) is 5.27. The van der Waals surface area contributed by atoms with Gasteiger partial charge in [0.25, 0.3) is 0 Å². The molecule has 0 fully saturated rings. The number of benzene rings is 2. The van der Waals surface area contributed by atoms with Crippen molar-refractivity contribution < 1.29 is 18.0 Å².